The van der Waals surface area contributed by atoms with E-state index in [4.69, 9.17) is 0 Å². The highest BCUT2D eigenvalue weighted by Crippen LogP contribution is 2.60. The van der Waals surface area contributed by atoms with E-state index in [1.54, 1.807) is 0 Å². The van der Waals surface area contributed by atoms with Gasteiger partial charge >= 0.3 is 0 Å². The lowest BCUT2D eigenvalue weighted by Crippen LogP contribution is -2.42. The molecule has 1 N–H and O–H groups in total. The van der Waals surface area contributed by atoms with Crippen LogP contribution in [0, 0.1) is 23.2 Å². The predicted molar refractivity (Wildman–Crippen MR) is 68.4 cm³/mol. The van der Waals surface area contributed by atoms with E-state index in [0.717, 1.165) is 29.2 Å². The van der Waals surface area contributed by atoms with E-state index >= 15 is 0 Å². The maximum absolute atomic E-state index is 3.92. The second kappa shape index (κ2) is 4.01. The highest BCUT2D eigenvalue weighted by molar-refractivity contribution is 5.05. The molecule has 3 atom stereocenters. The third-order valence-electron chi connectivity index (χ3n) is 5.48. The summed E-state index contributed by atoms with van der Waals surface area (Å²) in [6.07, 6.45) is 10.4. The predicted octanol–water partition coefficient (Wildman–Crippen LogP) is 3.59. The van der Waals surface area contributed by atoms with Crippen LogP contribution < -0.4 is 5.32 Å². The molecule has 3 rings (SSSR count). The van der Waals surface area contributed by atoms with Crippen LogP contribution in [-0.4, -0.2) is 12.6 Å². The Bertz CT molecular complexity index is 252. The second-order valence-corrected chi connectivity index (χ2v) is 7.02. The lowest BCUT2D eigenvalue weighted by Gasteiger charge is -2.34. The molecule has 16 heavy (non-hydrogen) atoms. The molecule has 0 spiro atoms. The second-order valence-electron chi connectivity index (χ2n) is 7.02. The quantitative estimate of drug-likeness (QED) is 0.765. The van der Waals surface area contributed by atoms with Gasteiger partial charge in [-0.15, -0.1) is 0 Å². The summed E-state index contributed by atoms with van der Waals surface area (Å²) in [6, 6.07) is 0.826. The van der Waals surface area contributed by atoms with Gasteiger partial charge in [0.15, 0.2) is 0 Å². The summed E-state index contributed by atoms with van der Waals surface area (Å²) in [6.45, 7) is 6.20. The fraction of sp³-hybridized carbons (Fsp3) is 1.00. The molecule has 0 saturated heterocycles. The third-order valence-corrected chi connectivity index (χ3v) is 5.48. The summed E-state index contributed by atoms with van der Waals surface area (Å²) in [7, 11) is 0. The molecule has 0 aromatic carbocycles. The number of nitrogens with one attached hydrogen (secondary N) is 1. The minimum absolute atomic E-state index is 0.781. The first-order chi connectivity index (χ1) is 7.70. The zero-order valence-electron chi connectivity index (χ0n) is 11.0. The first-order valence-corrected chi connectivity index (χ1v) is 7.43. The minimum atomic E-state index is 0.781. The van der Waals surface area contributed by atoms with Crippen molar-refractivity contribution in [1.82, 2.24) is 5.32 Å². The van der Waals surface area contributed by atoms with Gasteiger partial charge in [-0.25, -0.2) is 0 Å². The Balaban J connectivity index is 1.47. The van der Waals surface area contributed by atoms with Crippen molar-refractivity contribution in [3.8, 4) is 0 Å². The summed E-state index contributed by atoms with van der Waals surface area (Å²) in [4.78, 5) is 0. The van der Waals surface area contributed by atoms with E-state index in [1.165, 1.54) is 51.5 Å². The van der Waals surface area contributed by atoms with Crippen molar-refractivity contribution >= 4 is 0 Å². The van der Waals surface area contributed by atoms with E-state index in [2.05, 4.69) is 19.2 Å². The highest BCUT2D eigenvalue weighted by Gasteiger charge is 2.53. The summed E-state index contributed by atoms with van der Waals surface area (Å²) in [5, 5.41) is 3.92. The SMILES string of the molecule is CC1CCC(NCC2(C3CC3)CC2)C(C)C1. The first-order valence-electron chi connectivity index (χ1n) is 7.43. The molecule has 3 aliphatic carbocycles. The van der Waals surface area contributed by atoms with Crippen molar-refractivity contribution in [2.24, 2.45) is 23.2 Å². The molecule has 0 heterocycles. The molecular formula is C15H27N. The molecule has 3 aliphatic rings. The Morgan fingerprint density at radius 1 is 1.06 bits per heavy atom. The fourth-order valence-corrected chi connectivity index (χ4v) is 3.89. The lowest BCUT2D eigenvalue weighted by atomic mass is 9.79. The van der Waals surface area contributed by atoms with Gasteiger partial charge in [-0.3, -0.25) is 0 Å². The molecule has 3 unspecified atom stereocenters. The average Bonchev–Trinajstić information content (AvgIpc) is 3.11. The molecule has 3 saturated carbocycles. The molecule has 0 bridgehead atoms. The van der Waals surface area contributed by atoms with E-state index in [0.29, 0.717) is 0 Å². The smallest absolute Gasteiger partial charge is 0.00931 e. The van der Waals surface area contributed by atoms with Gasteiger partial charge in [0.2, 0.25) is 0 Å². The molecule has 0 aromatic rings. The Kier molecular flexibility index (Phi) is 2.78. The van der Waals surface area contributed by atoms with Crippen molar-refractivity contribution < 1.29 is 0 Å². The maximum atomic E-state index is 3.92. The fourth-order valence-electron chi connectivity index (χ4n) is 3.89. The average molecular weight is 221 g/mol. The van der Waals surface area contributed by atoms with Gasteiger partial charge < -0.3 is 5.32 Å². The van der Waals surface area contributed by atoms with E-state index in [9.17, 15) is 0 Å². The molecule has 0 aromatic heterocycles. The van der Waals surface area contributed by atoms with Gasteiger partial charge in [-0.1, -0.05) is 13.8 Å². The van der Waals surface area contributed by atoms with Crippen molar-refractivity contribution in [2.75, 3.05) is 6.54 Å². The minimum Gasteiger partial charge on any atom is -0.313 e. The van der Waals surface area contributed by atoms with Crippen molar-refractivity contribution in [1.29, 1.82) is 0 Å². The van der Waals surface area contributed by atoms with Gasteiger partial charge in [-0.2, -0.15) is 0 Å². The zero-order chi connectivity index (χ0) is 11.2. The first kappa shape index (κ1) is 11.1. The molecular weight excluding hydrogens is 194 g/mol. The number of rotatable bonds is 4. The molecule has 1 nitrogen and oxygen atoms in total. The Morgan fingerprint density at radius 3 is 2.38 bits per heavy atom. The number of hydrogen-bond donors (Lipinski definition) is 1. The van der Waals surface area contributed by atoms with E-state index < -0.39 is 0 Å². The molecule has 0 aliphatic heterocycles. The molecule has 92 valence electrons. The van der Waals surface area contributed by atoms with Crippen LogP contribution in [0.1, 0.15) is 58.8 Å². The summed E-state index contributed by atoms with van der Waals surface area (Å²) < 4.78 is 0. The van der Waals surface area contributed by atoms with E-state index in [-0.39, 0.29) is 0 Å². The van der Waals surface area contributed by atoms with Gasteiger partial charge in [-0.05, 0) is 68.1 Å². The normalized spacial score (nSPS) is 42.0. The van der Waals surface area contributed by atoms with Gasteiger partial charge in [0.05, 0.1) is 0 Å². The van der Waals surface area contributed by atoms with Crippen LogP contribution in [-0.2, 0) is 0 Å². The van der Waals surface area contributed by atoms with Crippen molar-refractivity contribution in [2.45, 2.75) is 64.8 Å². The van der Waals surface area contributed by atoms with Crippen LogP contribution in [0.15, 0.2) is 0 Å². The van der Waals surface area contributed by atoms with Crippen LogP contribution in [0.25, 0.3) is 0 Å². The monoisotopic (exact) mass is 221 g/mol. The zero-order valence-corrected chi connectivity index (χ0v) is 11.0. The Morgan fingerprint density at radius 2 is 1.81 bits per heavy atom. The van der Waals surface area contributed by atoms with Crippen LogP contribution in [0.2, 0.25) is 0 Å². The lowest BCUT2D eigenvalue weighted by molar-refractivity contribution is 0.214. The third kappa shape index (κ3) is 2.16. The summed E-state index contributed by atoms with van der Waals surface area (Å²) >= 11 is 0. The van der Waals surface area contributed by atoms with Crippen LogP contribution in [0.5, 0.6) is 0 Å². The van der Waals surface area contributed by atoms with Crippen molar-refractivity contribution in [3.05, 3.63) is 0 Å². The standard InChI is InChI=1S/C15H27N/c1-11-3-6-14(12(2)9-11)16-10-15(7-8-15)13-4-5-13/h11-14,16H,3-10H2,1-2H3. The molecule has 1 heteroatoms. The van der Waals surface area contributed by atoms with Gasteiger partial charge in [0, 0.05) is 12.6 Å². The summed E-state index contributed by atoms with van der Waals surface area (Å²) in [5.74, 6) is 2.97. The summed E-state index contributed by atoms with van der Waals surface area (Å²) in [5.41, 5.74) is 0.781. The number of hydrogen-bond acceptors (Lipinski definition) is 1. The molecule has 0 amide bonds. The van der Waals surface area contributed by atoms with Crippen LogP contribution in [0.4, 0.5) is 0 Å². The maximum Gasteiger partial charge on any atom is 0.00931 e. The largest absolute Gasteiger partial charge is 0.313 e. The van der Waals surface area contributed by atoms with Gasteiger partial charge in [0.25, 0.3) is 0 Å². The van der Waals surface area contributed by atoms with Crippen LogP contribution in [0.3, 0.4) is 0 Å². The Hall–Kier alpha value is -0.0400. The molecule has 3 fully saturated rings. The topological polar surface area (TPSA) is 12.0 Å². The van der Waals surface area contributed by atoms with Crippen LogP contribution >= 0.6 is 0 Å². The Labute approximate surface area is 100 Å². The molecule has 0 radical (unpaired) electrons. The van der Waals surface area contributed by atoms with E-state index in [1.807, 2.05) is 0 Å². The highest BCUT2D eigenvalue weighted by atomic mass is 15.0. The van der Waals surface area contributed by atoms with Gasteiger partial charge in [0.1, 0.15) is 0 Å². The van der Waals surface area contributed by atoms with Crippen molar-refractivity contribution in [3.63, 3.8) is 0 Å².